The van der Waals surface area contributed by atoms with Crippen molar-refractivity contribution >= 4 is 0 Å². The molecule has 4 heteroatoms. The van der Waals surface area contributed by atoms with E-state index in [2.05, 4.69) is 0 Å². The first-order chi connectivity index (χ1) is 6.07. The van der Waals surface area contributed by atoms with Crippen LogP contribution in [0.4, 0.5) is 0 Å². The van der Waals surface area contributed by atoms with Crippen LogP contribution in [0.3, 0.4) is 0 Å². The summed E-state index contributed by atoms with van der Waals surface area (Å²) in [5.74, 6) is 0. The zero-order chi connectivity index (χ0) is 10.3. The summed E-state index contributed by atoms with van der Waals surface area (Å²) in [6.07, 6.45) is -1.61. The van der Waals surface area contributed by atoms with Gasteiger partial charge in [0.05, 0.1) is 25.4 Å². The van der Waals surface area contributed by atoms with E-state index in [0.29, 0.717) is 13.2 Å². The normalized spacial score (nSPS) is 18.2. The Labute approximate surface area is 79.5 Å². The first-order valence-corrected chi connectivity index (χ1v) is 4.63. The fourth-order valence-electron chi connectivity index (χ4n) is 0.734. The second kappa shape index (κ2) is 7.26. The standard InChI is InChI=1S/C9H20O4/c1-4-12-5-7(2)13-6-9(11)8(3)10/h7-11H,4-6H2,1-3H3/t7-,8?,9-/m1/s1. The molecule has 0 saturated heterocycles. The topological polar surface area (TPSA) is 58.9 Å². The molecule has 0 heterocycles. The van der Waals surface area contributed by atoms with Gasteiger partial charge in [0.25, 0.3) is 0 Å². The predicted octanol–water partition coefficient (Wildman–Crippen LogP) is 0.170. The van der Waals surface area contributed by atoms with E-state index in [1.807, 2.05) is 13.8 Å². The minimum absolute atomic E-state index is 0.0478. The van der Waals surface area contributed by atoms with Crippen LogP contribution in [-0.2, 0) is 9.47 Å². The zero-order valence-corrected chi connectivity index (χ0v) is 8.56. The molecule has 0 aromatic rings. The average molecular weight is 192 g/mol. The maximum absolute atomic E-state index is 9.18. The lowest BCUT2D eigenvalue weighted by Gasteiger charge is -2.17. The Morgan fingerprint density at radius 3 is 2.23 bits per heavy atom. The van der Waals surface area contributed by atoms with Crippen molar-refractivity contribution in [2.24, 2.45) is 0 Å². The summed E-state index contributed by atoms with van der Waals surface area (Å²) in [7, 11) is 0. The van der Waals surface area contributed by atoms with E-state index in [1.54, 1.807) is 0 Å². The molecule has 0 fully saturated rings. The molecule has 0 saturated carbocycles. The summed E-state index contributed by atoms with van der Waals surface area (Å²) >= 11 is 0. The molecule has 0 spiro atoms. The van der Waals surface area contributed by atoms with Gasteiger partial charge in [-0.25, -0.2) is 0 Å². The molecular formula is C9H20O4. The van der Waals surface area contributed by atoms with E-state index in [0.717, 1.165) is 0 Å². The van der Waals surface area contributed by atoms with Crippen LogP contribution in [0.5, 0.6) is 0 Å². The molecule has 3 atom stereocenters. The number of aliphatic hydroxyl groups excluding tert-OH is 2. The summed E-state index contributed by atoms with van der Waals surface area (Å²) in [4.78, 5) is 0. The van der Waals surface area contributed by atoms with Gasteiger partial charge in [-0.1, -0.05) is 0 Å². The molecule has 0 aliphatic heterocycles. The van der Waals surface area contributed by atoms with Crippen molar-refractivity contribution < 1.29 is 19.7 Å². The SMILES string of the molecule is CCOC[C@@H](C)OC[C@@H](O)C(C)O. The summed E-state index contributed by atoms with van der Waals surface area (Å²) in [5.41, 5.74) is 0. The van der Waals surface area contributed by atoms with Gasteiger partial charge in [0.1, 0.15) is 6.10 Å². The van der Waals surface area contributed by atoms with Crippen LogP contribution in [0.15, 0.2) is 0 Å². The summed E-state index contributed by atoms with van der Waals surface area (Å²) in [6.45, 7) is 6.63. The van der Waals surface area contributed by atoms with Crippen molar-refractivity contribution in [1.82, 2.24) is 0 Å². The van der Waals surface area contributed by atoms with E-state index in [4.69, 9.17) is 14.6 Å². The third-order valence-electron chi connectivity index (χ3n) is 1.67. The van der Waals surface area contributed by atoms with E-state index in [9.17, 15) is 5.11 Å². The molecule has 0 rings (SSSR count). The third kappa shape index (κ3) is 6.95. The van der Waals surface area contributed by atoms with Crippen LogP contribution in [0.2, 0.25) is 0 Å². The van der Waals surface area contributed by atoms with Crippen molar-refractivity contribution in [3.8, 4) is 0 Å². The van der Waals surface area contributed by atoms with Gasteiger partial charge in [-0.2, -0.15) is 0 Å². The molecule has 0 aromatic carbocycles. The van der Waals surface area contributed by atoms with Gasteiger partial charge >= 0.3 is 0 Å². The quantitative estimate of drug-likeness (QED) is 0.603. The average Bonchev–Trinajstić information content (AvgIpc) is 2.10. The first kappa shape index (κ1) is 12.8. The van der Waals surface area contributed by atoms with Crippen molar-refractivity contribution in [2.75, 3.05) is 19.8 Å². The largest absolute Gasteiger partial charge is 0.391 e. The third-order valence-corrected chi connectivity index (χ3v) is 1.67. The van der Waals surface area contributed by atoms with Gasteiger partial charge in [0.15, 0.2) is 0 Å². The van der Waals surface area contributed by atoms with Crippen LogP contribution in [0.1, 0.15) is 20.8 Å². The van der Waals surface area contributed by atoms with Crippen molar-refractivity contribution in [3.05, 3.63) is 0 Å². The highest BCUT2D eigenvalue weighted by molar-refractivity contribution is 4.61. The van der Waals surface area contributed by atoms with Crippen LogP contribution in [0.25, 0.3) is 0 Å². The highest BCUT2D eigenvalue weighted by Crippen LogP contribution is 1.97. The Hall–Kier alpha value is -0.160. The number of hydrogen-bond acceptors (Lipinski definition) is 4. The van der Waals surface area contributed by atoms with E-state index < -0.39 is 12.2 Å². The van der Waals surface area contributed by atoms with E-state index in [-0.39, 0.29) is 12.7 Å². The van der Waals surface area contributed by atoms with Crippen LogP contribution >= 0.6 is 0 Å². The van der Waals surface area contributed by atoms with Gasteiger partial charge < -0.3 is 19.7 Å². The number of ether oxygens (including phenoxy) is 2. The van der Waals surface area contributed by atoms with Crippen LogP contribution in [-0.4, -0.2) is 48.3 Å². The molecule has 1 unspecified atom stereocenters. The molecule has 0 amide bonds. The number of aliphatic hydroxyl groups is 2. The number of hydrogen-bond donors (Lipinski definition) is 2. The first-order valence-electron chi connectivity index (χ1n) is 4.63. The summed E-state index contributed by atoms with van der Waals surface area (Å²) in [5, 5.41) is 18.1. The molecular weight excluding hydrogens is 172 g/mol. The second-order valence-corrected chi connectivity index (χ2v) is 3.11. The molecule has 0 aliphatic carbocycles. The summed E-state index contributed by atoms with van der Waals surface area (Å²) < 4.78 is 10.4. The number of rotatable bonds is 7. The lowest BCUT2D eigenvalue weighted by molar-refractivity contribution is -0.0695. The minimum atomic E-state index is -0.816. The van der Waals surface area contributed by atoms with Crippen molar-refractivity contribution in [1.29, 1.82) is 0 Å². The zero-order valence-electron chi connectivity index (χ0n) is 8.56. The van der Waals surface area contributed by atoms with Crippen molar-refractivity contribution in [2.45, 2.75) is 39.1 Å². The van der Waals surface area contributed by atoms with Crippen LogP contribution < -0.4 is 0 Å². The smallest absolute Gasteiger partial charge is 0.103 e. The maximum atomic E-state index is 9.18. The highest BCUT2D eigenvalue weighted by Gasteiger charge is 2.12. The lowest BCUT2D eigenvalue weighted by Crippen LogP contribution is -2.30. The molecule has 0 aromatic heterocycles. The predicted molar refractivity (Wildman–Crippen MR) is 49.6 cm³/mol. The molecule has 2 N–H and O–H groups in total. The summed E-state index contributed by atoms with van der Waals surface area (Å²) in [6, 6.07) is 0. The Morgan fingerprint density at radius 1 is 1.15 bits per heavy atom. The highest BCUT2D eigenvalue weighted by atomic mass is 16.5. The molecule has 0 aliphatic rings. The lowest BCUT2D eigenvalue weighted by atomic mass is 10.2. The van der Waals surface area contributed by atoms with Gasteiger partial charge in [-0.15, -0.1) is 0 Å². The monoisotopic (exact) mass is 192 g/mol. The molecule has 0 radical (unpaired) electrons. The Balaban J connectivity index is 3.40. The Bertz CT molecular complexity index is 116. The van der Waals surface area contributed by atoms with E-state index >= 15 is 0 Å². The van der Waals surface area contributed by atoms with E-state index in [1.165, 1.54) is 6.92 Å². The second-order valence-electron chi connectivity index (χ2n) is 3.11. The molecule has 13 heavy (non-hydrogen) atoms. The molecule has 4 nitrogen and oxygen atoms in total. The van der Waals surface area contributed by atoms with Crippen LogP contribution in [0, 0.1) is 0 Å². The van der Waals surface area contributed by atoms with Gasteiger partial charge in [0, 0.05) is 6.61 Å². The van der Waals surface area contributed by atoms with Gasteiger partial charge in [0.2, 0.25) is 0 Å². The fraction of sp³-hybridized carbons (Fsp3) is 1.00. The van der Waals surface area contributed by atoms with Crippen molar-refractivity contribution in [3.63, 3.8) is 0 Å². The van der Waals surface area contributed by atoms with Gasteiger partial charge in [-0.05, 0) is 20.8 Å². The Morgan fingerprint density at radius 2 is 1.77 bits per heavy atom. The molecule has 80 valence electrons. The Kier molecular flexibility index (Phi) is 7.17. The molecule has 0 bridgehead atoms. The van der Waals surface area contributed by atoms with Gasteiger partial charge in [-0.3, -0.25) is 0 Å². The minimum Gasteiger partial charge on any atom is -0.391 e. The fourth-order valence-corrected chi connectivity index (χ4v) is 0.734. The maximum Gasteiger partial charge on any atom is 0.103 e.